The summed E-state index contributed by atoms with van der Waals surface area (Å²) in [4.78, 5) is 18.8. The van der Waals surface area contributed by atoms with E-state index in [1.54, 1.807) is 12.3 Å². The van der Waals surface area contributed by atoms with E-state index < -0.39 is 10.8 Å². The van der Waals surface area contributed by atoms with E-state index in [1.807, 2.05) is 42.2 Å². The zero-order valence-electron chi connectivity index (χ0n) is 21.3. The van der Waals surface area contributed by atoms with Crippen LogP contribution in [0.2, 0.25) is 0 Å². The van der Waals surface area contributed by atoms with Gasteiger partial charge in [-0.25, -0.2) is 4.39 Å². The number of hydrogen-bond acceptors (Lipinski definition) is 3. The average molecular weight is 507 g/mol. The molecule has 2 aliphatic heterocycles. The first-order valence-corrected chi connectivity index (χ1v) is 14.6. The molecule has 2 saturated heterocycles. The molecule has 190 valence electrons. The lowest BCUT2D eigenvalue weighted by molar-refractivity contribution is -0.131. The van der Waals surface area contributed by atoms with E-state index in [9.17, 15) is 13.4 Å². The summed E-state index contributed by atoms with van der Waals surface area (Å²) in [5, 5.41) is 0. The Labute approximate surface area is 216 Å². The van der Waals surface area contributed by atoms with Crippen LogP contribution in [0.25, 0.3) is 17.2 Å². The highest BCUT2D eigenvalue weighted by molar-refractivity contribution is 7.84. The number of nitrogens with zero attached hydrogens (tertiary/aromatic N) is 2. The zero-order chi connectivity index (χ0) is 25.2. The van der Waals surface area contributed by atoms with Gasteiger partial charge in [-0.2, -0.15) is 0 Å². The van der Waals surface area contributed by atoms with E-state index in [0.29, 0.717) is 12.5 Å². The van der Waals surface area contributed by atoms with Gasteiger partial charge < -0.3 is 9.80 Å². The highest BCUT2D eigenvalue weighted by Gasteiger charge is 2.30. The number of rotatable bonds is 5. The third-order valence-electron chi connectivity index (χ3n) is 8.03. The molecule has 2 fully saturated rings. The molecular weight excluding hydrogens is 471 g/mol. The van der Waals surface area contributed by atoms with Crippen molar-refractivity contribution in [1.29, 1.82) is 0 Å². The summed E-state index contributed by atoms with van der Waals surface area (Å²) in [7, 11) is -1.02. The second kappa shape index (κ2) is 10.8. The van der Waals surface area contributed by atoms with Gasteiger partial charge in [0, 0.05) is 41.1 Å². The number of piperidine rings is 2. The van der Waals surface area contributed by atoms with Gasteiger partial charge in [0.05, 0.1) is 6.42 Å². The van der Waals surface area contributed by atoms with Crippen molar-refractivity contribution in [2.75, 3.05) is 32.4 Å². The van der Waals surface area contributed by atoms with E-state index in [-0.39, 0.29) is 11.7 Å². The van der Waals surface area contributed by atoms with Crippen LogP contribution in [0.3, 0.4) is 0 Å². The molecule has 3 aliphatic rings. The lowest BCUT2D eigenvalue weighted by Gasteiger charge is -2.40. The van der Waals surface area contributed by atoms with Crippen LogP contribution < -0.4 is 0 Å². The highest BCUT2D eigenvalue weighted by atomic mass is 32.2. The SMILES string of the molecule is CC1=C(CC(=O)N2CCC(N3CCCCC3)CC2)c2cc(F)ccc2/C1=C\c1ccc(S(C)=O)cc1. The molecule has 0 saturated carbocycles. The molecule has 1 unspecified atom stereocenters. The topological polar surface area (TPSA) is 40.6 Å². The Morgan fingerprint density at radius 1 is 1.00 bits per heavy atom. The van der Waals surface area contributed by atoms with Crippen LogP contribution in [0.15, 0.2) is 52.9 Å². The minimum atomic E-state index is -1.02. The Balaban J connectivity index is 1.34. The molecule has 0 radical (unpaired) electrons. The average Bonchev–Trinajstić information content (AvgIpc) is 3.14. The molecule has 0 bridgehead atoms. The van der Waals surface area contributed by atoms with Gasteiger partial charge in [-0.05, 0) is 109 Å². The van der Waals surface area contributed by atoms with Crippen LogP contribution in [0.5, 0.6) is 0 Å². The Hall–Kier alpha value is -2.57. The fourth-order valence-electron chi connectivity index (χ4n) is 5.93. The lowest BCUT2D eigenvalue weighted by atomic mass is 9.98. The minimum absolute atomic E-state index is 0.132. The number of carbonyl (C=O) groups is 1. The first kappa shape index (κ1) is 25.1. The summed E-state index contributed by atoms with van der Waals surface area (Å²) >= 11 is 0. The van der Waals surface area contributed by atoms with Gasteiger partial charge in [0.2, 0.25) is 5.91 Å². The Morgan fingerprint density at radius 3 is 2.36 bits per heavy atom. The third kappa shape index (κ3) is 5.25. The van der Waals surface area contributed by atoms with E-state index in [0.717, 1.165) is 64.2 Å². The number of allylic oxidation sites excluding steroid dienone is 2. The van der Waals surface area contributed by atoms with E-state index in [2.05, 4.69) is 11.0 Å². The van der Waals surface area contributed by atoms with Crippen LogP contribution in [0.1, 0.15) is 62.1 Å². The van der Waals surface area contributed by atoms with E-state index in [1.165, 1.54) is 38.4 Å². The Morgan fingerprint density at radius 2 is 1.69 bits per heavy atom. The summed E-state index contributed by atoms with van der Waals surface area (Å²) in [6, 6.07) is 13.1. The quantitative estimate of drug-likeness (QED) is 0.518. The molecule has 2 aromatic rings. The predicted molar refractivity (Wildman–Crippen MR) is 145 cm³/mol. The third-order valence-corrected chi connectivity index (χ3v) is 8.96. The second-order valence-electron chi connectivity index (χ2n) is 10.3. The number of fused-ring (bicyclic) bond motifs is 1. The van der Waals surface area contributed by atoms with Crippen molar-refractivity contribution >= 4 is 33.9 Å². The van der Waals surface area contributed by atoms with Crippen molar-refractivity contribution in [3.8, 4) is 0 Å². The molecule has 6 heteroatoms. The fraction of sp³-hybridized carbons (Fsp3) is 0.433. The molecule has 0 spiro atoms. The molecule has 1 aliphatic carbocycles. The van der Waals surface area contributed by atoms with Crippen molar-refractivity contribution < 1.29 is 13.4 Å². The second-order valence-corrected chi connectivity index (χ2v) is 11.6. The molecule has 36 heavy (non-hydrogen) atoms. The van der Waals surface area contributed by atoms with Gasteiger partial charge >= 0.3 is 0 Å². The number of carbonyl (C=O) groups excluding carboxylic acids is 1. The van der Waals surface area contributed by atoms with Crippen LogP contribution in [0, 0.1) is 5.82 Å². The smallest absolute Gasteiger partial charge is 0.227 e. The van der Waals surface area contributed by atoms with Gasteiger partial charge in [0.15, 0.2) is 0 Å². The summed E-state index contributed by atoms with van der Waals surface area (Å²) < 4.78 is 26.0. The van der Waals surface area contributed by atoms with Crippen LogP contribution in [0.4, 0.5) is 4.39 Å². The van der Waals surface area contributed by atoms with Gasteiger partial charge in [-0.1, -0.05) is 24.6 Å². The molecule has 4 nitrogen and oxygen atoms in total. The first-order valence-electron chi connectivity index (χ1n) is 13.1. The van der Waals surface area contributed by atoms with E-state index in [4.69, 9.17) is 0 Å². The maximum Gasteiger partial charge on any atom is 0.227 e. The molecule has 1 amide bonds. The number of hydrogen-bond donors (Lipinski definition) is 0. The Kier molecular flexibility index (Phi) is 7.54. The van der Waals surface area contributed by atoms with Crippen LogP contribution in [-0.2, 0) is 15.6 Å². The van der Waals surface area contributed by atoms with Crippen LogP contribution >= 0.6 is 0 Å². The monoisotopic (exact) mass is 506 g/mol. The maximum atomic E-state index is 14.3. The van der Waals surface area contributed by atoms with E-state index >= 15 is 0 Å². The number of benzene rings is 2. The van der Waals surface area contributed by atoms with Gasteiger partial charge in [-0.15, -0.1) is 0 Å². The molecule has 1 atom stereocenters. The molecular formula is C30H35FN2O2S. The van der Waals surface area contributed by atoms with Crippen molar-refractivity contribution in [3.63, 3.8) is 0 Å². The van der Waals surface area contributed by atoms with Crippen molar-refractivity contribution in [2.45, 2.75) is 56.4 Å². The minimum Gasteiger partial charge on any atom is -0.342 e. The van der Waals surface area contributed by atoms with Crippen molar-refractivity contribution in [3.05, 3.63) is 70.5 Å². The molecule has 2 heterocycles. The summed E-state index contributed by atoms with van der Waals surface area (Å²) in [6.07, 6.45) is 10.0. The zero-order valence-corrected chi connectivity index (χ0v) is 22.1. The molecule has 0 aromatic heterocycles. The summed E-state index contributed by atoms with van der Waals surface area (Å²) in [6.45, 7) is 6.03. The highest BCUT2D eigenvalue weighted by Crippen LogP contribution is 2.44. The van der Waals surface area contributed by atoms with Crippen molar-refractivity contribution in [1.82, 2.24) is 9.80 Å². The van der Waals surface area contributed by atoms with Crippen LogP contribution in [-0.4, -0.2) is 58.4 Å². The van der Waals surface area contributed by atoms with Crippen molar-refractivity contribution in [2.24, 2.45) is 0 Å². The number of halogens is 1. The predicted octanol–water partition coefficient (Wildman–Crippen LogP) is 5.76. The summed E-state index contributed by atoms with van der Waals surface area (Å²) in [5.74, 6) is -0.155. The van der Waals surface area contributed by atoms with Gasteiger partial charge in [0.1, 0.15) is 5.82 Å². The Bertz CT molecular complexity index is 1220. The maximum absolute atomic E-state index is 14.3. The lowest BCUT2D eigenvalue weighted by Crippen LogP contribution is -2.48. The first-order chi connectivity index (χ1) is 17.4. The fourth-order valence-corrected chi connectivity index (χ4v) is 6.45. The number of likely N-dealkylation sites (tertiary alicyclic amines) is 2. The van der Waals surface area contributed by atoms with Gasteiger partial charge in [-0.3, -0.25) is 9.00 Å². The number of amides is 1. The standard InChI is InChI=1S/C30H35FN2O2S/c1-21-27(18-22-6-9-25(10-7-22)36(2)35)26-11-8-23(31)19-29(26)28(21)20-30(34)33-16-12-24(13-17-33)32-14-4-3-5-15-32/h6-11,18-19,24H,3-5,12-17,20H2,1-2H3/b27-18-. The normalized spacial score (nSPS) is 21.2. The molecule has 5 rings (SSSR count). The largest absolute Gasteiger partial charge is 0.342 e. The van der Waals surface area contributed by atoms with Gasteiger partial charge in [0.25, 0.3) is 0 Å². The summed E-state index contributed by atoms with van der Waals surface area (Å²) in [5.41, 5.74) is 5.73. The molecule has 0 N–H and O–H groups in total. The molecule has 2 aromatic carbocycles.